The maximum absolute atomic E-state index is 6.25. The maximum atomic E-state index is 6.25. The van der Waals surface area contributed by atoms with Crippen molar-refractivity contribution in [2.75, 3.05) is 14.2 Å². The average Bonchev–Trinajstić information content (AvgIpc) is 3.56. The lowest BCUT2D eigenvalue weighted by Crippen LogP contribution is -2.10. The normalized spacial score (nSPS) is 12.9. The largest absolute Gasteiger partial charge is 0.497 e. The van der Waals surface area contributed by atoms with Crippen molar-refractivity contribution in [3.8, 4) is 11.5 Å². The molecule has 0 fully saturated rings. The zero-order valence-corrected chi connectivity index (χ0v) is 22.1. The molecule has 5 aromatic carbocycles. The van der Waals surface area contributed by atoms with Gasteiger partial charge in [-0.2, -0.15) is 0 Å². The summed E-state index contributed by atoms with van der Waals surface area (Å²) in [6, 6.07) is 26.2. The van der Waals surface area contributed by atoms with Crippen molar-refractivity contribution in [1.29, 1.82) is 0 Å². The number of nitrogens with zero attached hydrogens (tertiary/aromatic N) is 1. The van der Waals surface area contributed by atoms with Crippen LogP contribution < -0.4 is 9.47 Å². The molecule has 0 bridgehead atoms. The van der Waals surface area contributed by atoms with E-state index in [4.69, 9.17) is 13.9 Å². The zero-order chi connectivity index (χ0) is 25.9. The molecule has 38 heavy (non-hydrogen) atoms. The Labute approximate surface area is 219 Å². The Morgan fingerprint density at radius 2 is 1.47 bits per heavy atom. The van der Waals surface area contributed by atoms with Gasteiger partial charge in [-0.25, -0.2) is 0 Å². The van der Waals surface area contributed by atoms with Gasteiger partial charge in [-0.15, -0.1) is 0 Å². The standard InChI is InChI=1S/C34H27NO3/c1-34(2,3)19-7-11-26-25(15-19)32-28(37-5)13-10-21-24-17-23-18(14-27(24)35(26)33(21)32)6-12-29-31(23)22-9-8-20(36-4)16-30(22)38-29/h6-17H,1-5H3. The average molecular weight is 498 g/mol. The zero-order valence-electron chi connectivity index (χ0n) is 22.1. The molecule has 0 aliphatic carbocycles. The molecule has 0 aliphatic heterocycles. The second-order valence-electron chi connectivity index (χ2n) is 11.3. The van der Waals surface area contributed by atoms with E-state index in [9.17, 15) is 0 Å². The molecule has 0 amide bonds. The highest BCUT2D eigenvalue weighted by molar-refractivity contribution is 6.28. The summed E-state index contributed by atoms with van der Waals surface area (Å²) in [4.78, 5) is 0. The first kappa shape index (κ1) is 21.6. The molecule has 0 saturated carbocycles. The van der Waals surface area contributed by atoms with Crippen molar-refractivity contribution in [2.24, 2.45) is 0 Å². The van der Waals surface area contributed by atoms with Gasteiger partial charge in [0.15, 0.2) is 0 Å². The number of ether oxygens (including phenoxy) is 2. The monoisotopic (exact) mass is 497 g/mol. The summed E-state index contributed by atoms with van der Waals surface area (Å²) < 4.78 is 20.0. The van der Waals surface area contributed by atoms with Crippen LogP contribution in [0.2, 0.25) is 0 Å². The van der Waals surface area contributed by atoms with Crippen LogP contribution in [0.3, 0.4) is 0 Å². The molecule has 8 aromatic rings. The Bertz CT molecular complexity index is 2240. The second-order valence-corrected chi connectivity index (χ2v) is 11.3. The second kappa shape index (κ2) is 7.11. The molecule has 186 valence electrons. The molecule has 0 atom stereocenters. The molecule has 4 heteroatoms. The number of fused-ring (bicyclic) bond motifs is 11. The van der Waals surface area contributed by atoms with Crippen molar-refractivity contribution >= 4 is 70.8 Å². The molecule has 0 spiro atoms. The quantitative estimate of drug-likeness (QED) is 0.239. The van der Waals surface area contributed by atoms with Gasteiger partial charge in [0.25, 0.3) is 0 Å². The van der Waals surface area contributed by atoms with Crippen molar-refractivity contribution in [3.05, 3.63) is 78.4 Å². The first-order valence-corrected chi connectivity index (χ1v) is 13.0. The van der Waals surface area contributed by atoms with Crippen LogP contribution in [0.5, 0.6) is 11.5 Å². The van der Waals surface area contributed by atoms with Crippen molar-refractivity contribution in [2.45, 2.75) is 26.2 Å². The first-order valence-electron chi connectivity index (χ1n) is 13.0. The van der Waals surface area contributed by atoms with Crippen LogP contribution in [-0.4, -0.2) is 18.6 Å². The first-order chi connectivity index (χ1) is 18.4. The van der Waals surface area contributed by atoms with Gasteiger partial charge >= 0.3 is 0 Å². The predicted octanol–water partition coefficient (Wildman–Crippen LogP) is 9.20. The fourth-order valence-electron chi connectivity index (χ4n) is 6.36. The van der Waals surface area contributed by atoms with Crippen molar-refractivity contribution < 1.29 is 13.9 Å². The lowest BCUT2D eigenvalue weighted by molar-refractivity contribution is 0.414. The summed E-state index contributed by atoms with van der Waals surface area (Å²) in [7, 11) is 3.45. The number of methoxy groups -OCH3 is 2. The van der Waals surface area contributed by atoms with E-state index in [2.05, 4.69) is 85.8 Å². The molecular weight excluding hydrogens is 470 g/mol. The Balaban J connectivity index is 1.55. The summed E-state index contributed by atoms with van der Waals surface area (Å²) in [5.74, 6) is 1.70. The van der Waals surface area contributed by atoms with Gasteiger partial charge in [0.2, 0.25) is 0 Å². The van der Waals surface area contributed by atoms with E-state index >= 15 is 0 Å². The van der Waals surface area contributed by atoms with Gasteiger partial charge in [0.1, 0.15) is 22.7 Å². The summed E-state index contributed by atoms with van der Waals surface area (Å²) in [6.45, 7) is 6.79. The molecular formula is C34H27NO3. The van der Waals surface area contributed by atoms with E-state index in [0.717, 1.165) is 33.4 Å². The van der Waals surface area contributed by atoms with E-state index in [1.807, 2.05) is 12.1 Å². The molecule has 0 N–H and O–H groups in total. The smallest absolute Gasteiger partial charge is 0.139 e. The van der Waals surface area contributed by atoms with Gasteiger partial charge in [0, 0.05) is 33.0 Å². The van der Waals surface area contributed by atoms with Crippen LogP contribution >= 0.6 is 0 Å². The maximum Gasteiger partial charge on any atom is 0.139 e. The third-order valence-corrected chi connectivity index (χ3v) is 8.26. The summed E-state index contributed by atoms with van der Waals surface area (Å²) >= 11 is 0. The Kier molecular flexibility index (Phi) is 4.04. The molecule has 8 rings (SSSR count). The number of hydrogen-bond donors (Lipinski definition) is 0. The Morgan fingerprint density at radius 3 is 2.26 bits per heavy atom. The topological polar surface area (TPSA) is 36.0 Å². The van der Waals surface area contributed by atoms with Gasteiger partial charge in [-0.1, -0.05) is 32.9 Å². The molecule has 3 heterocycles. The van der Waals surface area contributed by atoms with E-state index in [-0.39, 0.29) is 5.41 Å². The molecule has 0 aliphatic rings. The van der Waals surface area contributed by atoms with Crippen LogP contribution in [0.15, 0.2) is 77.2 Å². The van der Waals surface area contributed by atoms with Gasteiger partial charge in [-0.05, 0) is 76.3 Å². The van der Waals surface area contributed by atoms with Crippen LogP contribution in [-0.2, 0) is 5.41 Å². The number of rotatable bonds is 2. The Hall–Kier alpha value is -4.44. The molecule has 0 radical (unpaired) electrons. The minimum Gasteiger partial charge on any atom is -0.497 e. The third-order valence-electron chi connectivity index (χ3n) is 8.26. The highest BCUT2D eigenvalue weighted by Crippen LogP contribution is 2.46. The van der Waals surface area contributed by atoms with Crippen molar-refractivity contribution in [3.63, 3.8) is 0 Å². The van der Waals surface area contributed by atoms with Crippen LogP contribution in [0.1, 0.15) is 26.3 Å². The molecule has 0 unspecified atom stereocenters. The minimum atomic E-state index is 0.0639. The Morgan fingerprint density at radius 1 is 0.632 bits per heavy atom. The number of hydrogen-bond acceptors (Lipinski definition) is 3. The summed E-state index contributed by atoms with van der Waals surface area (Å²) in [5.41, 5.74) is 6.74. The predicted molar refractivity (Wildman–Crippen MR) is 158 cm³/mol. The fraction of sp³-hybridized carbons (Fsp3) is 0.176. The summed E-state index contributed by atoms with van der Waals surface area (Å²) in [5, 5.41) is 9.51. The van der Waals surface area contributed by atoms with Gasteiger partial charge in [-0.3, -0.25) is 0 Å². The van der Waals surface area contributed by atoms with E-state index in [1.54, 1.807) is 14.2 Å². The van der Waals surface area contributed by atoms with Crippen LogP contribution in [0, 0.1) is 0 Å². The molecule has 3 aromatic heterocycles. The number of benzene rings is 5. The van der Waals surface area contributed by atoms with Crippen molar-refractivity contribution in [1.82, 2.24) is 4.40 Å². The fourth-order valence-corrected chi connectivity index (χ4v) is 6.36. The minimum absolute atomic E-state index is 0.0639. The van der Waals surface area contributed by atoms with Gasteiger partial charge < -0.3 is 18.3 Å². The van der Waals surface area contributed by atoms with E-state index in [0.29, 0.717) is 0 Å². The number of aromatic nitrogens is 1. The van der Waals surface area contributed by atoms with E-state index in [1.165, 1.54) is 54.4 Å². The van der Waals surface area contributed by atoms with E-state index < -0.39 is 0 Å². The lowest BCUT2D eigenvalue weighted by Gasteiger charge is -2.19. The molecule has 0 saturated heterocycles. The summed E-state index contributed by atoms with van der Waals surface area (Å²) in [6.07, 6.45) is 0. The van der Waals surface area contributed by atoms with Gasteiger partial charge in [0.05, 0.1) is 36.2 Å². The number of furan rings is 1. The van der Waals surface area contributed by atoms with Crippen LogP contribution in [0.4, 0.5) is 0 Å². The van der Waals surface area contributed by atoms with Crippen LogP contribution in [0.25, 0.3) is 70.8 Å². The SMILES string of the molecule is COc1ccc2c(c1)oc1ccc3cc4c(cc3c12)c1ccc(OC)c2c3cc(C(C)(C)C)ccc3n4c12. The lowest BCUT2D eigenvalue weighted by atomic mass is 9.86. The highest BCUT2D eigenvalue weighted by Gasteiger charge is 2.23. The molecule has 4 nitrogen and oxygen atoms in total. The highest BCUT2D eigenvalue weighted by atomic mass is 16.5. The third kappa shape index (κ3) is 2.65.